The Labute approximate surface area is 623 Å². The van der Waals surface area contributed by atoms with Crippen LogP contribution in [0.4, 0.5) is 0 Å². The predicted molar refractivity (Wildman–Crippen MR) is 402 cm³/mol. The molecule has 29 nitrogen and oxygen atoms in total. The molecule has 0 radical (unpaired) electrons. The molecule has 5 aromatic carbocycles. The molecule has 13 atom stereocenters. The SMILES string of the molecule is CC(C)NCc1ccc(CC2NC(=O)C(Cc3c[nH]c4ccccc34)NC(=O)C(Cc3ccccc3)NC(=O)C(Cc3ccccc3)NC(=O)C(CCCCN)NC(=O)C(N)CSSCC(C(=O)O)NC(=O)C(CO)NC(=O)C(C(C)O)N(C)C(=O)C(Cc3ccccc3)NC(=O)C(C(C)O)NC2=O)cc1. The summed E-state index contributed by atoms with van der Waals surface area (Å²) in [5.41, 5.74) is 16.5. The van der Waals surface area contributed by atoms with Crippen molar-refractivity contribution in [2.45, 2.75) is 170 Å². The molecular weight excluding hydrogens is 1400 g/mol. The first-order valence-corrected chi connectivity index (χ1v) is 37.6. The van der Waals surface area contributed by atoms with E-state index >= 15 is 19.2 Å². The van der Waals surface area contributed by atoms with E-state index in [9.17, 15) is 54.0 Å². The molecule has 0 saturated carbocycles. The van der Waals surface area contributed by atoms with Crippen molar-refractivity contribution in [1.29, 1.82) is 0 Å². The van der Waals surface area contributed by atoms with Crippen molar-refractivity contribution >= 4 is 97.5 Å². The van der Waals surface area contributed by atoms with Gasteiger partial charge in [0.25, 0.3) is 0 Å². The van der Waals surface area contributed by atoms with Crippen molar-refractivity contribution in [3.63, 3.8) is 0 Å². The molecule has 570 valence electrons. The molecule has 10 amide bonds. The number of nitrogens with one attached hydrogen (secondary N) is 11. The molecule has 31 heteroatoms. The number of benzene rings is 5. The Morgan fingerprint density at radius 2 is 0.934 bits per heavy atom. The third kappa shape index (κ3) is 25.5. The number of aliphatic hydroxyl groups excluding tert-OH is 3. The maximum Gasteiger partial charge on any atom is 0.327 e. The second kappa shape index (κ2) is 41.8. The van der Waals surface area contributed by atoms with Crippen LogP contribution in [-0.2, 0) is 91.4 Å². The number of carboxylic acid groups (broad SMARTS) is 1. The van der Waals surface area contributed by atoms with Gasteiger partial charge < -0.3 is 94.9 Å². The number of nitrogens with zero attached hydrogens (tertiary/aromatic N) is 1. The molecule has 7 rings (SSSR count). The smallest absolute Gasteiger partial charge is 0.327 e. The fourth-order valence-corrected chi connectivity index (χ4v) is 14.1. The zero-order chi connectivity index (χ0) is 77.0. The number of aliphatic carboxylic acids is 1. The minimum atomic E-state index is -1.88. The van der Waals surface area contributed by atoms with Gasteiger partial charge in [0, 0.05) is 80.3 Å². The number of amides is 10. The lowest BCUT2D eigenvalue weighted by Gasteiger charge is -2.34. The number of unbranched alkanes of at least 4 members (excludes halogenated alkanes) is 1. The summed E-state index contributed by atoms with van der Waals surface area (Å²) in [7, 11) is 2.97. The summed E-state index contributed by atoms with van der Waals surface area (Å²) in [6.45, 7) is 5.96. The van der Waals surface area contributed by atoms with Crippen molar-refractivity contribution < 1.29 is 73.2 Å². The molecule has 6 aromatic rings. The van der Waals surface area contributed by atoms with Crippen molar-refractivity contribution in [3.8, 4) is 0 Å². The number of aromatic nitrogens is 1. The van der Waals surface area contributed by atoms with Crippen LogP contribution in [0.15, 0.2) is 146 Å². The lowest BCUT2D eigenvalue weighted by Crippen LogP contribution is -2.63. The normalized spacial score (nSPS) is 23.8. The maximum atomic E-state index is 15.6. The van der Waals surface area contributed by atoms with Gasteiger partial charge in [-0.3, -0.25) is 47.9 Å². The Morgan fingerprint density at radius 1 is 0.500 bits per heavy atom. The van der Waals surface area contributed by atoms with E-state index in [1.807, 2.05) is 38.1 Å². The average molecular weight is 1500 g/mol. The molecule has 1 aromatic heterocycles. The van der Waals surface area contributed by atoms with Crippen LogP contribution < -0.4 is 64.6 Å². The first-order valence-electron chi connectivity index (χ1n) is 35.1. The lowest BCUT2D eigenvalue weighted by molar-refractivity contribution is -0.147. The van der Waals surface area contributed by atoms with Crippen LogP contribution in [0.2, 0.25) is 0 Å². The number of carbonyl (C=O) groups excluding carboxylic acids is 10. The van der Waals surface area contributed by atoms with E-state index < -0.39 is 150 Å². The summed E-state index contributed by atoms with van der Waals surface area (Å²) in [5, 5.41) is 71.2. The summed E-state index contributed by atoms with van der Waals surface area (Å²) in [6, 6.07) is 22.6. The lowest BCUT2D eigenvalue weighted by atomic mass is 9.99. The van der Waals surface area contributed by atoms with Gasteiger partial charge in [0.15, 0.2) is 0 Å². The van der Waals surface area contributed by atoms with Gasteiger partial charge in [-0.1, -0.05) is 169 Å². The molecular formula is C75H98N14O15S2. The highest BCUT2D eigenvalue weighted by atomic mass is 33.1. The molecule has 2 heterocycles. The third-order valence-electron chi connectivity index (χ3n) is 17.7. The van der Waals surface area contributed by atoms with Crippen molar-refractivity contribution in [1.82, 2.24) is 63.1 Å². The standard InChI is InChI=1S/C75H98N14O15S2/c1-43(2)78-38-50-30-28-49(29-31-50)35-58-70(98)88-63(44(3)91)72(100)85-60(36-48-23-13-8-14-24-48)74(102)89(5)64(45(4)92)73(101)86-61(40-90)71(99)87-62(75(103)104)42-106-105-41-53(77)65(93)80-55(27-17-18-32-76)66(94)81-56(33-46-19-9-6-10-20-46)67(95)82-57(34-47-21-11-7-12-22-47)68(96)84-59(69(97)83-58)37-51-39-79-54-26-16-15-25-52(51)54/h6-16,19-26,28-31,39,43-45,53,55-64,78-79,90-92H,17-18,27,32-38,40-42,76-77H2,1-5H3,(H,80,93)(H,81,94)(H,82,95)(H,83,97)(H,84,96)(H,85,100)(H,86,101)(H,87,99)(H,88,98)(H,103,104). The van der Waals surface area contributed by atoms with Crippen molar-refractivity contribution in [2.75, 3.05) is 31.7 Å². The zero-order valence-corrected chi connectivity index (χ0v) is 61.5. The first kappa shape index (κ1) is 83.5. The number of hydrogen-bond donors (Lipinski definition) is 17. The van der Waals surface area contributed by atoms with Gasteiger partial charge >= 0.3 is 5.97 Å². The van der Waals surface area contributed by atoms with E-state index in [-0.39, 0.29) is 62.6 Å². The number of nitrogens with two attached hydrogens (primary N) is 2. The van der Waals surface area contributed by atoms with Gasteiger partial charge in [0.1, 0.15) is 60.4 Å². The highest BCUT2D eigenvalue weighted by molar-refractivity contribution is 8.76. The Bertz CT molecular complexity index is 3920. The number of para-hydroxylation sites is 1. The number of fused-ring (bicyclic) bond motifs is 1. The van der Waals surface area contributed by atoms with E-state index in [1.165, 1.54) is 6.92 Å². The van der Waals surface area contributed by atoms with Gasteiger partial charge in [0.05, 0.1) is 24.9 Å². The van der Waals surface area contributed by atoms with Crippen molar-refractivity contribution in [2.24, 2.45) is 11.5 Å². The van der Waals surface area contributed by atoms with Gasteiger partial charge in [-0.05, 0) is 79.1 Å². The van der Waals surface area contributed by atoms with Crippen LogP contribution in [-0.4, -0.2) is 212 Å². The highest BCUT2D eigenvalue weighted by Gasteiger charge is 2.41. The summed E-state index contributed by atoms with van der Waals surface area (Å²) in [4.78, 5) is 165. The Balaban J connectivity index is 1.33. The minimum absolute atomic E-state index is 0.0302. The number of rotatable bonds is 21. The quantitative estimate of drug-likeness (QED) is 0.0335. The largest absolute Gasteiger partial charge is 0.480 e. The van der Waals surface area contributed by atoms with Gasteiger partial charge in [-0.2, -0.15) is 0 Å². The summed E-state index contributed by atoms with van der Waals surface area (Å²) >= 11 is 0. The Morgan fingerprint density at radius 3 is 1.43 bits per heavy atom. The van der Waals surface area contributed by atoms with E-state index in [0.29, 0.717) is 58.1 Å². The van der Waals surface area contributed by atoms with Crippen LogP contribution in [0.1, 0.15) is 80.3 Å². The Hall–Kier alpha value is -9.73. The van der Waals surface area contributed by atoms with E-state index in [2.05, 4.69) is 58.2 Å². The minimum Gasteiger partial charge on any atom is -0.480 e. The van der Waals surface area contributed by atoms with E-state index in [1.54, 1.807) is 121 Å². The van der Waals surface area contributed by atoms with Crippen LogP contribution in [0, 0.1) is 0 Å². The molecule has 13 unspecified atom stereocenters. The molecule has 1 fully saturated rings. The fourth-order valence-electron chi connectivity index (χ4n) is 11.8. The number of H-pyrrole nitrogens is 1. The molecule has 19 N–H and O–H groups in total. The maximum absolute atomic E-state index is 15.6. The number of hydrogen-bond acceptors (Lipinski definition) is 19. The van der Waals surface area contributed by atoms with Crippen LogP contribution in [0.5, 0.6) is 0 Å². The topological polar surface area (TPSA) is 460 Å². The molecule has 106 heavy (non-hydrogen) atoms. The second-order valence-corrected chi connectivity index (χ2v) is 29.1. The molecule has 1 saturated heterocycles. The monoisotopic (exact) mass is 1500 g/mol. The number of likely N-dealkylation sites (N-methyl/N-ethyl adjacent to an activating group) is 1. The second-order valence-electron chi connectivity index (χ2n) is 26.5. The molecule has 0 spiro atoms. The van der Waals surface area contributed by atoms with E-state index in [0.717, 1.165) is 46.0 Å². The van der Waals surface area contributed by atoms with Gasteiger partial charge in [0.2, 0.25) is 59.1 Å². The zero-order valence-electron chi connectivity index (χ0n) is 59.8. The number of aliphatic hydroxyl groups is 3. The summed E-state index contributed by atoms with van der Waals surface area (Å²) in [5.74, 6) is -11.8. The van der Waals surface area contributed by atoms with Crippen LogP contribution in [0.25, 0.3) is 10.9 Å². The molecule has 0 aliphatic carbocycles. The van der Waals surface area contributed by atoms with Crippen LogP contribution >= 0.6 is 21.6 Å². The Kier molecular flexibility index (Phi) is 33.0. The highest BCUT2D eigenvalue weighted by Crippen LogP contribution is 2.24. The number of aromatic amines is 1. The molecule has 0 bridgehead atoms. The average Bonchev–Trinajstić information content (AvgIpc) is 1.55. The van der Waals surface area contributed by atoms with E-state index in [4.69, 9.17) is 11.5 Å². The van der Waals surface area contributed by atoms with Crippen molar-refractivity contribution in [3.05, 3.63) is 179 Å². The summed E-state index contributed by atoms with van der Waals surface area (Å²) in [6.07, 6.45) is -1.99. The van der Waals surface area contributed by atoms with Crippen LogP contribution in [0.3, 0.4) is 0 Å². The number of carbonyl (C=O) groups is 11. The van der Waals surface area contributed by atoms with Gasteiger partial charge in [-0.15, -0.1) is 0 Å². The number of carboxylic acids is 1. The summed E-state index contributed by atoms with van der Waals surface area (Å²) < 4.78 is 0. The fraction of sp³-hybridized carbons (Fsp3) is 0.427. The first-order chi connectivity index (χ1) is 50.7. The predicted octanol–water partition coefficient (Wildman–Crippen LogP) is 0.0592. The third-order valence-corrected chi connectivity index (χ3v) is 20.2. The molecule has 1 aliphatic rings. The molecule has 1 aliphatic heterocycles. The van der Waals surface area contributed by atoms with Gasteiger partial charge in [-0.25, -0.2) is 4.79 Å².